The van der Waals surface area contributed by atoms with E-state index in [9.17, 15) is 18.7 Å². The topological polar surface area (TPSA) is 108 Å². The minimum Gasteiger partial charge on any atom is -0.460 e. The monoisotopic (exact) mass is 694 g/mol. The SMILES string of the molecule is CC(C)(C)OC(=O)CN1CCN(CP(C)(C)=O)CCNCCN(CP(C)(C)=O)CC1.O=C(CBr)OCc1ccccc1. The number of nitrogens with zero attached hydrogens (tertiary/aromatic N) is 3. The molecule has 0 atom stereocenters. The average Bonchev–Trinajstić information content (AvgIpc) is 2.85. The molecule has 0 spiro atoms. The van der Waals surface area contributed by atoms with Crippen LogP contribution in [0, 0.1) is 0 Å². The second kappa shape index (κ2) is 19.4. The van der Waals surface area contributed by atoms with Gasteiger partial charge in [0.05, 0.1) is 33.4 Å². The summed E-state index contributed by atoms with van der Waals surface area (Å²) in [5.41, 5.74) is 0.494. The van der Waals surface area contributed by atoms with Gasteiger partial charge in [0, 0.05) is 52.4 Å². The van der Waals surface area contributed by atoms with Crippen LogP contribution in [0.5, 0.6) is 0 Å². The lowest BCUT2D eigenvalue weighted by atomic mass is 10.2. The van der Waals surface area contributed by atoms with Gasteiger partial charge in [0.25, 0.3) is 0 Å². The van der Waals surface area contributed by atoms with Crippen molar-refractivity contribution in [3.05, 3.63) is 35.9 Å². The van der Waals surface area contributed by atoms with E-state index in [1.165, 1.54) is 0 Å². The Morgan fingerprint density at radius 3 is 1.71 bits per heavy atom. The van der Waals surface area contributed by atoms with Crippen LogP contribution in [0.3, 0.4) is 0 Å². The summed E-state index contributed by atoms with van der Waals surface area (Å²) in [6, 6.07) is 9.59. The van der Waals surface area contributed by atoms with Crippen LogP contribution in [0.2, 0.25) is 0 Å². The summed E-state index contributed by atoms with van der Waals surface area (Å²) in [6.45, 7) is 19.6. The number of hydrogen-bond acceptors (Lipinski definition) is 10. The molecule has 1 saturated heterocycles. The largest absolute Gasteiger partial charge is 0.460 e. The number of hydrogen-bond donors (Lipinski definition) is 1. The summed E-state index contributed by atoms with van der Waals surface area (Å²) >= 11 is 3.01. The lowest BCUT2D eigenvalue weighted by Crippen LogP contribution is -2.46. The highest BCUT2D eigenvalue weighted by molar-refractivity contribution is 9.09. The Kier molecular flexibility index (Phi) is 18.0. The second-order valence-corrected chi connectivity index (χ2v) is 20.0. The van der Waals surface area contributed by atoms with Crippen molar-refractivity contribution >= 4 is 42.2 Å². The number of ether oxygens (including phenoxy) is 2. The Bertz CT molecular complexity index is 991. The normalized spacial score (nSPS) is 17.2. The highest BCUT2D eigenvalue weighted by Crippen LogP contribution is 2.37. The van der Waals surface area contributed by atoms with Crippen molar-refractivity contribution in [2.24, 2.45) is 0 Å². The van der Waals surface area contributed by atoms with Crippen LogP contribution in [-0.2, 0) is 34.8 Å². The molecule has 1 aliphatic heterocycles. The molecule has 1 aromatic rings. The Labute approximate surface area is 262 Å². The highest BCUT2D eigenvalue weighted by Gasteiger charge is 2.23. The van der Waals surface area contributed by atoms with Crippen molar-refractivity contribution in [3.8, 4) is 0 Å². The molecule has 42 heavy (non-hydrogen) atoms. The zero-order valence-electron chi connectivity index (χ0n) is 26.6. The van der Waals surface area contributed by atoms with Gasteiger partial charge in [-0.3, -0.25) is 24.3 Å². The fourth-order valence-corrected chi connectivity index (χ4v) is 6.89. The molecule has 0 radical (unpaired) electrons. The highest BCUT2D eigenvalue weighted by atomic mass is 79.9. The number of benzene rings is 1. The summed E-state index contributed by atoms with van der Waals surface area (Å²) in [7, 11) is -4.34. The van der Waals surface area contributed by atoms with E-state index >= 15 is 0 Å². The molecule has 1 fully saturated rings. The van der Waals surface area contributed by atoms with Crippen molar-refractivity contribution in [2.75, 3.05) is 103 Å². The van der Waals surface area contributed by atoms with Crippen molar-refractivity contribution in [3.63, 3.8) is 0 Å². The van der Waals surface area contributed by atoms with E-state index in [1.54, 1.807) is 0 Å². The molecule has 1 heterocycles. The summed E-state index contributed by atoms with van der Waals surface area (Å²) in [6.07, 6.45) is 1.16. The smallest absolute Gasteiger partial charge is 0.320 e. The molecule has 13 heteroatoms. The van der Waals surface area contributed by atoms with Crippen molar-refractivity contribution in [2.45, 2.75) is 33.0 Å². The Morgan fingerprint density at radius 2 is 1.29 bits per heavy atom. The molecular weight excluding hydrogens is 642 g/mol. The Balaban J connectivity index is 0.000000609. The second-order valence-electron chi connectivity index (χ2n) is 12.6. The third kappa shape index (κ3) is 21.6. The fraction of sp³-hybridized carbons (Fsp3) is 0.724. The van der Waals surface area contributed by atoms with Crippen LogP contribution >= 0.6 is 30.2 Å². The van der Waals surface area contributed by atoms with Crippen LogP contribution in [0.1, 0.15) is 26.3 Å². The predicted octanol–water partition coefficient (Wildman–Crippen LogP) is 4.12. The third-order valence-electron chi connectivity index (χ3n) is 5.88. The number of halogens is 1. The van der Waals surface area contributed by atoms with Gasteiger partial charge in [0.1, 0.15) is 17.5 Å². The standard InChI is InChI=1S/C20H44N4O4P2.C9H9BrO2/c1-20(2,3)28-19(25)16-22-12-14-23(17-29(4,5)26)10-8-21-9-11-24(15-13-22)18-30(6,7)27;10-6-9(11)12-7-8-4-2-1-3-5-8/h21H,8-18H2,1-7H3;1-5H,6-7H2. The summed E-state index contributed by atoms with van der Waals surface area (Å²) in [5.74, 6) is -0.471. The maximum Gasteiger partial charge on any atom is 0.320 e. The number of carbonyl (C=O) groups excluding carboxylic acids is 2. The van der Waals surface area contributed by atoms with E-state index in [0.717, 1.165) is 44.8 Å². The molecule has 0 unspecified atom stereocenters. The van der Waals surface area contributed by atoms with E-state index in [0.29, 0.717) is 32.3 Å². The van der Waals surface area contributed by atoms with Gasteiger partial charge in [0.15, 0.2) is 0 Å². The van der Waals surface area contributed by atoms with Crippen LogP contribution in [0.15, 0.2) is 30.3 Å². The lowest BCUT2D eigenvalue weighted by Gasteiger charge is -2.32. The van der Waals surface area contributed by atoms with Gasteiger partial charge in [0.2, 0.25) is 0 Å². The van der Waals surface area contributed by atoms with Crippen molar-refractivity contribution < 1.29 is 28.2 Å². The van der Waals surface area contributed by atoms with E-state index in [-0.39, 0.29) is 23.8 Å². The zero-order chi connectivity index (χ0) is 31.8. The Hall–Kier alpha value is -1.06. The van der Waals surface area contributed by atoms with Crippen LogP contribution < -0.4 is 5.32 Å². The van der Waals surface area contributed by atoms with Crippen LogP contribution in [0.25, 0.3) is 0 Å². The molecule has 1 N–H and O–H groups in total. The van der Waals surface area contributed by atoms with E-state index < -0.39 is 19.9 Å². The average molecular weight is 696 g/mol. The number of esters is 2. The van der Waals surface area contributed by atoms with E-state index in [1.807, 2.05) is 77.8 Å². The first-order valence-corrected chi connectivity index (χ1v) is 21.1. The van der Waals surface area contributed by atoms with Gasteiger partial charge in [-0.05, 0) is 53.0 Å². The maximum atomic E-state index is 12.4. The molecule has 0 bridgehead atoms. The molecule has 2 rings (SSSR count). The molecule has 0 aliphatic carbocycles. The first kappa shape index (κ1) is 39.0. The van der Waals surface area contributed by atoms with Gasteiger partial charge < -0.3 is 23.9 Å². The molecule has 0 amide bonds. The minimum atomic E-state index is -2.17. The number of nitrogens with one attached hydrogen (secondary N) is 1. The van der Waals surface area contributed by atoms with Crippen LogP contribution in [0.4, 0.5) is 0 Å². The van der Waals surface area contributed by atoms with Gasteiger partial charge >= 0.3 is 11.9 Å². The number of carbonyl (C=O) groups is 2. The maximum absolute atomic E-state index is 12.4. The third-order valence-corrected chi connectivity index (χ3v) is 8.50. The van der Waals surface area contributed by atoms with Gasteiger partial charge in [-0.2, -0.15) is 0 Å². The summed E-state index contributed by atoms with van der Waals surface area (Å²) in [5, 5.41) is 3.70. The van der Waals surface area contributed by atoms with E-state index in [4.69, 9.17) is 9.47 Å². The summed E-state index contributed by atoms with van der Waals surface area (Å²) in [4.78, 5) is 29.7. The first-order chi connectivity index (χ1) is 19.5. The van der Waals surface area contributed by atoms with E-state index in [2.05, 4.69) is 35.9 Å². The van der Waals surface area contributed by atoms with Gasteiger partial charge in [-0.15, -0.1) is 0 Å². The lowest BCUT2D eigenvalue weighted by molar-refractivity contribution is -0.156. The molecule has 0 saturated carbocycles. The van der Waals surface area contributed by atoms with Crippen molar-refractivity contribution in [1.29, 1.82) is 0 Å². The molecule has 10 nitrogen and oxygen atoms in total. The Morgan fingerprint density at radius 1 is 0.810 bits per heavy atom. The predicted molar refractivity (Wildman–Crippen MR) is 177 cm³/mol. The van der Waals surface area contributed by atoms with Crippen molar-refractivity contribution in [1.82, 2.24) is 20.0 Å². The molecule has 1 aromatic carbocycles. The minimum absolute atomic E-state index is 0.225. The van der Waals surface area contributed by atoms with Gasteiger partial charge in [-0.25, -0.2) is 0 Å². The zero-order valence-corrected chi connectivity index (χ0v) is 30.0. The molecular formula is C29H53BrN4O6P2. The summed E-state index contributed by atoms with van der Waals surface area (Å²) < 4.78 is 35.1. The molecule has 0 aromatic heterocycles. The first-order valence-electron chi connectivity index (χ1n) is 14.4. The quantitative estimate of drug-likeness (QED) is 0.230. The fourth-order valence-electron chi connectivity index (χ4n) is 4.24. The molecule has 242 valence electrons. The number of rotatable bonds is 9. The number of alkyl halides is 1. The van der Waals surface area contributed by atoms with Crippen LogP contribution in [-0.4, -0.2) is 136 Å². The molecule has 1 aliphatic rings. The van der Waals surface area contributed by atoms with Gasteiger partial charge in [-0.1, -0.05) is 46.3 Å².